The molecule has 0 atom stereocenters. The number of piperidine rings is 1. The van der Waals surface area contributed by atoms with Crippen molar-refractivity contribution in [1.82, 2.24) is 14.6 Å². The summed E-state index contributed by atoms with van der Waals surface area (Å²) in [4.78, 5) is 16.6. The molecule has 0 unspecified atom stereocenters. The minimum absolute atomic E-state index is 0.0198. The van der Waals surface area contributed by atoms with Crippen LogP contribution < -0.4 is 5.32 Å². The van der Waals surface area contributed by atoms with E-state index in [0.717, 1.165) is 38.0 Å². The summed E-state index contributed by atoms with van der Waals surface area (Å²) < 4.78 is 26.8. The molecule has 0 radical (unpaired) electrons. The van der Waals surface area contributed by atoms with Crippen molar-refractivity contribution < 1.29 is 13.2 Å². The van der Waals surface area contributed by atoms with Gasteiger partial charge in [-0.1, -0.05) is 25.1 Å². The van der Waals surface area contributed by atoms with Gasteiger partial charge in [0.2, 0.25) is 15.9 Å². The Hall–Kier alpha value is -1.12. The van der Waals surface area contributed by atoms with Crippen molar-refractivity contribution in [3.8, 4) is 0 Å². The van der Waals surface area contributed by atoms with Gasteiger partial charge in [-0.3, -0.25) is 4.79 Å². The van der Waals surface area contributed by atoms with Crippen LogP contribution in [0.4, 0.5) is 0 Å². The summed E-state index contributed by atoms with van der Waals surface area (Å²) in [5.41, 5.74) is 0. The topological polar surface area (TPSA) is 79.4 Å². The average Bonchev–Trinajstić information content (AvgIpc) is 2.69. The SMILES string of the molecule is CC1CCC(NC(=O)CSc2ccc(S(=O)(=O)N3CCCCC3)cn2)CC1. The van der Waals surface area contributed by atoms with Gasteiger partial charge in [-0.15, -0.1) is 0 Å². The van der Waals surface area contributed by atoms with Crippen molar-refractivity contribution in [2.24, 2.45) is 5.92 Å². The summed E-state index contributed by atoms with van der Waals surface area (Å²) in [5, 5.41) is 3.76. The van der Waals surface area contributed by atoms with E-state index in [2.05, 4.69) is 17.2 Å². The molecule has 1 saturated heterocycles. The second-order valence-corrected chi connectivity index (χ2v) is 10.5. The zero-order valence-electron chi connectivity index (χ0n) is 15.9. The van der Waals surface area contributed by atoms with E-state index in [1.54, 1.807) is 16.4 Å². The van der Waals surface area contributed by atoms with Crippen molar-refractivity contribution in [3.63, 3.8) is 0 Å². The molecule has 0 aromatic carbocycles. The molecule has 6 nitrogen and oxygen atoms in total. The van der Waals surface area contributed by atoms with Crippen molar-refractivity contribution >= 4 is 27.7 Å². The summed E-state index contributed by atoms with van der Waals surface area (Å²) >= 11 is 1.34. The normalized spacial score (nSPS) is 24.5. The largest absolute Gasteiger partial charge is 0.353 e. The van der Waals surface area contributed by atoms with Gasteiger partial charge in [-0.2, -0.15) is 4.31 Å². The quantitative estimate of drug-likeness (QED) is 0.728. The first kappa shape index (κ1) is 20.6. The minimum atomic E-state index is -3.45. The summed E-state index contributed by atoms with van der Waals surface area (Å²) in [6.07, 6.45) is 8.77. The van der Waals surface area contributed by atoms with Crippen LogP contribution in [0.3, 0.4) is 0 Å². The molecule has 1 aliphatic heterocycles. The van der Waals surface area contributed by atoms with Gasteiger partial charge in [-0.25, -0.2) is 13.4 Å². The zero-order valence-corrected chi connectivity index (χ0v) is 17.5. The highest BCUT2D eigenvalue weighted by Gasteiger charge is 2.26. The number of carbonyl (C=O) groups excluding carboxylic acids is 1. The Kier molecular flexibility index (Phi) is 7.16. The molecule has 1 saturated carbocycles. The lowest BCUT2D eigenvalue weighted by Gasteiger charge is -2.26. The second kappa shape index (κ2) is 9.39. The summed E-state index contributed by atoms with van der Waals surface area (Å²) in [6.45, 7) is 3.42. The lowest BCUT2D eigenvalue weighted by molar-refractivity contribution is -0.119. The molecular formula is C19H29N3O3S2. The summed E-state index contributed by atoms with van der Waals surface area (Å²) in [5.74, 6) is 1.08. The Labute approximate surface area is 166 Å². The first-order chi connectivity index (χ1) is 12.9. The maximum atomic E-state index is 12.6. The van der Waals surface area contributed by atoms with E-state index in [4.69, 9.17) is 0 Å². The van der Waals surface area contributed by atoms with E-state index in [1.165, 1.54) is 30.8 Å². The van der Waals surface area contributed by atoms with E-state index in [9.17, 15) is 13.2 Å². The molecule has 2 heterocycles. The highest BCUT2D eigenvalue weighted by atomic mass is 32.2. The number of sulfonamides is 1. The van der Waals surface area contributed by atoms with E-state index >= 15 is 0 Å². The Balaban J connectivity index is 1.49. The Morgan fingerprint density at radius 2 is 1.89 bits per heavy atom. The predicted molar refractivity (Wildman–Crippen MR) is 107 cm³/mol. The molecule has 1 N–H and O–H groups in total. The molecule has 1 aromatic rings. The molecular weight excluding hydrogens is 382 g/mol. The average molecular weight is 412 g/mol. The van der Waals surface area contributed by atoms with Crippen LogP contribution in [-0.2, 0) is 14.8 Å². The minimum Gasteiger partial charge on any atom is -0.353 e. The number of pyridine rings is 1. The Morgan fingerprint density at radius 1 is 1.19 bits per heavy atom. The molecule has 27 heavy (non-hydrogen) atoms. The molecule has 2 fully saturated rings. The van der Waals surface area contributed by atoms with Gasteiger partial charge in [0.15, 0.2) is 0 Å². The number of aromatic nitrogens is 1. The molecule has 8 heteroatoms. The van der Waals surface area contributed by atoms with Crippen LogP contribution in [0.2, 0.25) is 0 Å². The molecule has 1 amide bonds. The lowest BCUT2D eigenvalue weighted by atomic mass is 9.87. The first-order valence-corrected chi connectivity index (χ1v) is 12.3. The zero-order chi connectivity index (χ0) is 19.3. The van der Waals surface area contributed by atoms with Crippen LogP contribution in [0, 0.1) is 5.92 Å². The van der Waals surface area contributed by atoms with Gasteiger partial charge < -0.3 is 5.32 Å². The molecule has 0 bridgehead atoms. The number of nitrogens with zero attached hydrogens (tertiary/aromatic N) is 2. The maximum absolute atomic E-state index is 12.6. The fraction of sp³-hybridized carbons (Fsp3) is 0.684. The molecule has 3 rings (SSSR count). The van der Waals surface area contributed by atoms with Gasteiger partial charge in [0.25, 0.3) is 0 Å². The molecule has 1 aromatic heterocycles. The smallest absolute Gasteiger partial charge is 0.244 e. The van der Waals surface area contributed by atoms with Gasteiger partial charge in [0.05, 0.1) is 10.8 Å². The standard InChI is InChI=1S/C19H29N3O3S2/c1-15-5-7-16(8-6-15)21-18(23)14-26-19-10-9-17(13-20-19)27(24,25)22-11-3-2-4-12-22/h9-10,13,15-16H,2-8,11-12,14H2,1H3,(H,21,23). The van der Waals surface area contributed by atoms with E-state index in [-0.39, 0.29) is 10.8 Å². The third kappa shape index (κ3) is 5.68. The van der Waals surface area contributed by atoms with Crippen LogP contribution in [-0.4, -0.2) is 48.5 Å². The van der Waals surface area contributed by atoms with Crippen LogP contribution in [0.5, 0.6) is 0 Å². The Morgan fingerprint density at radius 3 is 2.52 bits per heavy atom. The van der Waals surface area contributed by atoms with Gasteiger partial charge >= 0.3 is 0 Å². The fourth-order valence-corrected chi connectivity index (χ4v) is 5.79. The van der Waals surface area contributed by atoms with Crippen molar-refractivity contribution in [2.45, 2.75) is 67.8 Å². The number of hydrogen-bond donors (Lipinski definition) is 1. The number of carbonyl (C=O) groups is 1. The third-order valence-corrected chi connectivity index (χ3v) is 8.22. The van der Waals surface area contributed by atoms with Gasteiger partial charge in [0.1, 0.15) is 4.90 Å². The third-order valence-electron chi connectivity index (χ3n) is 5.39. The number of rotatable bonds is 6. The van der Waals surface area contributed by atoms with Crippen LogP contribution in [0.1, 0.15) is 51.9 Å². The van der Waals surface area contributed by atoms with Crippen LogP contribution >= 0.6 is 11.8 Å². The summed E-state index contributed by atoms with van der Waals surface area (Å²) in [6, 6.07) is 3.58. The van der Waals surface area contributed by atoms with Gasteiger partial charge in [-0.05, 0) is 56.6 Å². The highest BCUT2D eigenvalue weighted by molar-refractivity contribution is 7.99. The lowest BCUT2D eigenvalue weighted by Crippen LogP contribution is -2.38. The molecule has 150 valence electrons. The van der Waals surface area contributed by atoms with Gasteiger partial charge in [0, 0.05) is 25.3 Å². The van der Waals surface area contributed by atoms with Crippen LogP contribution in [0.15, 0.2) is 28.3 Å². The van der Waals surface area contributed by atoms with E-state index in [0.29, 0.717) is 29.9 Å². The highest BCUT2D eigenvalue weighted by Crippen LogP contribution is 2.24. The van der Waals surface area contributed by atoms with Crippen molar-refractivity contribution in [2.75, 3.05) is 18.8 Å². The summed E-state index contributed by atoms with van der Waals surface area (Å²) in [7, 11) is -3.45. The number of nitrogens with one attached hydrogen (secondary N) is 1. The fourth-order valence-electron chi connectivity index (χ4n) is 3.67. The number of hydrogen-bond acceptors (Lipinski definition) is 5. The molecule has 2 aliphatic rings. The second-order valence-electron chi connectivity index (χ2n) is 7.61. The Bertz CT molecular complexity index is 723. The molecule has 1 aliphatic carbocycles. The number of thioether (sulfide) groups is 1. The number of amides is 1. The van der Waals surface area contributed by atoms with Crippen molar-refractivity contribution in [3.05, 3.63) is 18.3 Å². The van der Waals surface area contributed by atoms with Crippen LogP contribution in [0.25, 0.3) is 0 Å². The van der Waals surface area contributed by atoms with Crippen molar-refractivity contribution in [1.29, 1.82) is 0 Å². The predicted octanol–water partition coefficient (Wildman–Crippen LogP) is 3.04. The van der Waals surface area contributed by atoms with E-state index in [1.807, 2.05) is 0 Å². The first-order valence-electron chi connectivity index (χ1n) is 9.83. The van der Waals surface area contributed by atoms with E-state index < -0.39 is 10.0 Å². The monoisotopic (exact) mass is 411 g/mol. The maximum Gasteiger partial charge on any atom is 0.244 e. The molecule has 0 spiro atoms.